The average molecular weight is 217 g/mol. The first-order valence-electron chi connectivity index (χ1n) is 4.02. The fraction of sp³-hybridized carbons (Fsp3) is 0.300. The molecule has 13 heavy (non-hydrogen) atoms. The van der Waals surface area contributed by atoms with Crippen LogP contribution in [0.2, 0.25) is 10.0 Å². The van der Waals surface area contributed by atoms with Gasteiger partial charge in [0.1, 0.15) is 0 Å². The lowest BCUT2D eigenvalue weighted by atomic mass is 10.0. The fourth-order valence-electron chi connectivity index (χ4n) is 1.02. The third-order valence-electron chi connectivity index (χ3n) is 1.73. The van der Waals surface area contributed by atoms with Gasteiger partial charge in [0.15, 0.2) is 5.78 Å². The molecule has 0 saturated carbocycles. The second kappa shape index (κ2) is 4.12. The van der Waals surface area contributed by atoms with Crippen molar-refractivity contribution < 1.29 is 4.79 Å². The first-order chi connectivity index (χ1) is 6.04. The molecule has 0 heterocycles. The molecule has 1 aromatic rings. The maximum Gasteiger partial charge on any atom is 0.168 e. The molecule has 1 nitrogen and oxygen atoms in total. The molecule has 0 atom stereocenters. The van der Waals surface area contributed by atoms with E-state index >= 15 is 0 Å². The predicted molar refractivity (Wildman–Crippen MR) is 55.6 cm³/mol. The molecule has 0 N–H and O–H groups in total. The first-order valence-corrected chi connectivity index (χ1v) is 4.78. The molecule has 0 aromatic heterocycles. The van der Waals surface area contributed by atoms with E-state index in [1.165, 1.54) is 0 Å². The van der Waals surface area contributed by atoms with Gasteiger partial charge in [-0.3, -0.25) is 4.79 Å². The van der Waals surface area contributed by atoms with Crippen LogP contribution in [-0.2, 0) is 0 Å². The molecule has 3 heteroatoms. The molecular formula is C10H10Cl2O. The average Bonchev–Trinajstić information content (AvgIpc) is 2.03. The van der Waals surface area contributed by atoms with Crippen LogP contribution in [0.4, 0.5) is 0 Å². The highest BCUT2D eigenvalue weighted by atomic mass is 35.5. The second-order valence-corrected chi connectivity index (χ2v) is 3.93. The minimum absolute atomic E-state index is 0.0180. The smallest absolute Gasteiger partial charge is 0.168 e. The van der Waals surface area contributed by atoms with Crippen molar-refractivity contribution in [3.63, 3.8) is 0 Å². The van der Waals surface area contributed by atoms with Crippen molar-refractivity contribution in [3.05, 3.63) is 33.8 Å². The van der Waals surface area contributed by atoms with Crippen LogP contribution in [0.25, 0.3) is 0 Å². The van der Waals surface area contributed by atoms with E-state index in [0.29, 0.717) is 15.6 Å². The zero-order valence-electron chi connectivity index (χ0n) is 7.47. The molecule has 0 saturated heterocycles. The zero-order chi connectivity index (χ0) is 10.0. The van der Waals surface area contributed by atoms with E-state index in [1.807, 2.05) is 13.8 Å². The van der Waals surface area contributed by atoms with Crippen LogP contribution in [0.15, 0.2) is 18.2 Å². The number of rotatable bonds is 2. The molecule has 1 rings (SSSR count). The van der Waals surface area contributed by atoms with E-state index in [4.69, 9.17) is 23.2 Å². The maximum atomic E-state index is 11.6. The fourth-order valence-corrected chi connectivity index (χ4v) is 1.61. The summed E-state index contributed by atoms with van der Waals surface area (Å²) in [7, 11) is 0. The van der Waals surface area contributed by atoms with Gasteiger partial charge in [-0.05, 0) is 12.1 Å². The highest BCUT2D eigenvalue weighted by Crippen LogP contribution is 2.26. The SMILES string of the molecule is CC(C)C(=O)c1c(Cl)cccc1Cl. The van der Waals surface area contributed by atoms with Crippen molar-refractivity contribution in [3.8, 4) is 0 Å². The second-order valence-electron chi connectivity index (χ2n) is 3.12. The third-order valence-corrected chi connectivity index (χ3v) is 2.36. The number of Topliss-reactive ketones (excluding diaryl/α,β-unsaturated/α-hetero) is 1. The van der Waals surface area contributed by atoms with E-state index in [-0.39, 0.29) is 11.7 Å². The van der Waals surface area contributed by atoms with E-state index in [9.17, 15) is 4.79 Å². The summed E-state index contributed by atoms with van der Waals surface area (Å²) in [6.07, 6.45) is 0. The lowest BCUT2D eigenvalue weighted by Crippen LogP contribution is -2.08. The monoisotopic (exact) mass is 216 g/mol. The van der Waals surface area contributed by atoms with Gasteiger partial charge in [0.25, 0.3) is 0 Å². The Bertz CT molecular complexity index is 311. The maximum absolute atomic E-state index is 11.6. The highest BCUT2D eigenvalue weighted by molar-refractivity contribution is 6.39. The lowest BCUT2D eigenvalue weighted by molar-refractivity contribution is 0.0939. The summed E-state index contributed by atoms with van der Waals surface area (Å²) in [5.41, 5.74) is 0.431. The van der Waals surface area contributed by atoms with Crippen molar-refractivity contribution in [2.75, 3.05) is 0 Å². The van der Waals surface area contributed by atoms with Crippen molar-refractivity contribution in [1.29, 1.82) is 0 Å². The normalized spacial score (nSPS) is 10.5. The van der Waals surface area contributed by atoms with Crippen LogP contribution in [0.1, 0.15) is 24.2 Å². The van der Waals surface area contributed by atoms with Crippen molar-refractivity contribution in [2.24, 2.45) is 5.92 Å². The summed E-state index contributed by atoms with van der Waals surface area (Å²) in [6.45, 7) is 3.64. The highest BCUT2D eigenvalue weighted by Gasteiger charge is 2.16. The van der Waals surface area contributed by atoms with Gasteiger partial charge in [0.2, 0.25) is 0 Å². The Hall–Kier alpha value is -0.530. The Balaban J connectivity index is 3.20. The summed E-state index contributed by atoms with van der Waals surface area (Å²) in [5, 5.41) is 0.845. The Kier molecular flexibility index (Phi) is 3.34. The van der Waals surface area contributed by atoms with E-state index in [0.717, 1.165) is 0 Å². The minimum Gasteiger partial charge on any atom is -0.294 e. The van der Waals surface area contributed by atoms with E-state index < -0.39 is 0 Å². The van der Waals surface area contributed by atoms with Gasteiger partial charge in [-0.25, -0.2) is 0 Å². The van der Waals surface area contributed by atoms with Crippen LogP contribution < -0.4 is 0 Å². The molecular weight excluding hydrogens is 207 g/mol. The van der Waals surface area contributed by atoms with Gasteiger partial charge >= 0.3 is 0 Å². The number of carbonyl (C=O) groups is 1. The van der Waals surface area contributed by atoms with Crippen LogP contribution in [-0.4, -0.2) is 5.78 Å². The quantitative estimate of drug-likeness (QED) is 0.688. The number of benzene rings is 1. The predicted octanol–water partition coefficient (Wildman–Crippen LogP) is 3.83. The van der Waals surface area contributed by atoms with Crippen LogP contribution in [0.3, 0.4) is 0 Å². The standard InChI is InChI=1S/C10H10Cl2O/c1-6(2)10(13)9-7(11)4-3-5-8(9)12/h3-6H,1-2H3. The number of halogens is 2. The summed E-state index contributed by atoms with van der Waals surface area (Å²) < 4.78 is 0. The van der Waals surface area contributed by atoms with Crippen LogP contribution in [0, 0.1) is 5.92 Å². The molecule has 0 spiro atoms. The Morgan fingerprint density at radius 1 is 1.23 bits per heavy atom. The Morgan fingerprint density at radius 2 is 1.69 bits per heavy atom. The largest absolute Gasteiger partial charge is 0.294 e. The zero-order valence-corrected chi connectivity index (χ0v) is 8.99. The minimum atomic E-state index is -0.0857. The number of carbonyl (C=O) groups excluding carboxylic acids is 1. The molecule has 0 unspecified atom stereocenters. The third kappa shape index (κ3) is 2.23. The Labute approximate surface area is 87.7 Å². The molecule has 0 radical (unpaired) electrons. The van der Waals surface area contributed by atoms with E-state index in [1.54, 1.807) is 18.2 Å². The number of hydrogen-bond acceptors (Lipinski definition) is 1. The molecule has 70 valence electrons. The van der Waals surface area contributed by atoms with Crippen molar-refractivity contribution >= 4 is 29.0 Å². The van der Waals surface area contributed by atoms with Gasteiger partial charge in [0, 0.05) is 5.92 Å². The number of ketones is 1. The molecule has 1 aromatic carbocycles. The molecule has 0 aliphatic rings. The molecule has 0 bridgehead atoms. The first kappa shape index (κ1) is 10.6. The summed E-state index contributed by atoms with van der Waals surface area (Å²) >= 11 is 11.7. The Morgan fingerprint density at radius 3 is 2.08 bits per heavy atom. The topological polar surface area (TPSA) is 17.1 Å². The van der Waals surface area contributed by atoms with E-state index in [2.05, 4.69) is 0 Å². The molecule has 0 fully saturated rings. The summed E-state index contributed by atoms with van der Waals surface area (Å²) in [4.78, 5) is 11.6. The number of hydrogen-bond donors (Lipinski definition) is 0. The van der Waals surface area contributed by atoms with Gasteiger partial charge in [0.05, 0.1) is 15.6 Å². The van der Waals surface area contributed by atoms with Crippen molar-refractivity contribution in [1.82, 2.24) is 0 Å². The summed E-state index contributed by atoms with van der Waals surface area (Å²) in [6, 6.07) is 5.06. The lowest BCUT2D eigenvalue weighted by Gasteiger charge is -2.07. The molecule has 0 aliphatic carbocycles. The molecule has 0 aliphatic heterocycles. The van der Waals surface area contributed by atoms with Crippen LogP contribution >= 0.6 is 23.2 Å². The van der Waals surface area contributed by atoms with Gasteiger partial charge < -0.3 is 0 Å². The van der Waals surface area contributed by atoms with Crippen LogP contribution in [0.5, 0.6) is 0 Å². The van der Waals surface area contributed by atoms with Crippen molar-refractivity contribution in [2.45, 2.75) is 13.8 Å². The molecule has 0 amide bonds. The van der Waals surface area contributed by atoms with Gasteiger partial charge in [-0.2, -0.15) is 0 Å². The van der Waals surface area contributed by atoms with Gasteiger partial charge in [-0.1, -0.05) is 43.1 Å². The van der Waals surface area contributed by atoms with Gasteiger partial charge in [-0.15, -0.1) is 0 Å². The summed E-state index contributed by atoms with van der Waals surface area (Å²) in [5.74, 6) is -0.104.